The Balaban J connectivity index is 2.28. The molecule has 0 aliphatic heterocycles. The van der Waals surface area contributed by atoms with Crippen molar-refractivity contribution >= 4 is 0 Å². The number of hydrogen-bond acceptors (Lipinski definition) is 2. The first-order valence-corrected chi connectivity index (χ1v) is 7.14. The van der Waals surface area contributed by atoms with Crippen molar-refractivity contribution in [2.75, 3.05) is 0 Å². The van der Waals surface area contributed by atoms with Crippen molar-refractivity contribution in [3.63, 3.8) is 0 Å². The lowest BCUT2D eigenvalue weighted by Crippen LogP contribution is -2.28. The maximum absolute atomic E-state index is 12.8. The molecule has 0 fully saturated rings. The van der Waals surface area contributed by atoms with Gasteiger partial charge in [0.05, 0.1) is 12.1 Å². The molecule has 0 radical (unpaired) electrons. The highest BCUT2D eigenvalue weighted by Crippen LogP contribution is 2.32. The molecule has 120 valence electrons. The van der Waals surface area contributed by atoms with Gasteiger partial charge in [0.2, 0.25) is 0 Å². The number of rotatable bonds is 5. The van der Waals surface area contributed by atoms with E-state index in [-0.39, 0.29) is 12.1 Å². The van der Waals surface area contributed by atoms with E-state index in [2.05, 4.69) is 4.98 Å². The van der Waals surface area contributed by atoms with Crippen LogP contribution in [0.15, 0.2) is 36.7 Å². The molecule has 1 unspecified atom stereocenters. The van der Waals surface area contributed by atoms with Gasteiger partial charge in [0.15, 0.2) is 0 Å². The Kier molecular flexibility index (Phi) is 4.60. The highest BCUT2D eigenvalue weighted by molar-refractivity contribution is 5.29. The van der Waals surface area contributed by atoms with Gasteiger partial charge in [-0.25, -0.2) is 4.98 Å². The van der Waals surface area contributed by atoms with E-state index in [1.807, 2.05) is 6.92 Å². The van der Waals surface area contributed by atoms with Crippen molar-refractivity contribution in [2.24, 2.45) is 0 Å². The molecule has 1 aromatic heterocycles. The maximum Gasteiger partial charge on any atom is 0.416 e. The summed E-state index contributed by atoms with van der Waals surface area (Å²) < 4.78 is 40.2. The number of nitrogens with zero attached hydrogens (tertiary/aromatic N) is 2. The zero-order chi connectivity index (χ0) is 16.4. The van der Waals surface area contributed by atoms with E-state index in [0.717, 1.165) is 30.8 Å². The van der Waals surface area contributed by atoms with E-state index >= 15 is 0 Å². The molecule has 0 aliphatic carbocycles. The van der Waals surface area contributed by atoms with E-state index in [9.17, 15) is 18.3 Å². The van der Waals surface area contributed by atoms with Crippen LogP contribution in [0.3, 0.4) is 0 Å². The molecule has 0 saturated heterocycles. The molecular weight excluding hydrogens is 293 g/mol. The molecule has 0 amide bonds. The average molecular weight is 312 g/mol. The zero-order valence-electron chi connectivity index (χ0n) is 12.6. The Morgan fingerprint density at radius 1 is 1.23 bits per heavy atom. The predicted molar refractivity (Wildman–Crippen MR) is 77.2 cm³/mol. The van der Waals surface area contributed by atoms with Crippen LogP contribution in [0.4, 0.5) is 13.2 Å². The molecule has 0 spiro atoms. The van der Waals surface area contributed by atoms with Gasteiger partial charge in [0.25, 0.3) is 0 Å². The van der Waals surface area contributed by atoms with E-state index in [4.69, 9.17) is 0 Å². The first-order chi connectivity index (χ1) is 10.2. The van der Waals surface area contributed by atoms with Crippen molar-refractivity contribution in [3.05, 3.63) is 53.6 Å². The second-order valence-corrected chi connectivity index (χ2v) is 5.57. The standard InChI is InChI=1S/C16H19F3N2O/c1-3-5-14-20-8-9-21(14)11-15(2,22)12-6-4-7-13(10-12)16(17,18)19/h4,6-10,22H,3,5,11H2,1-2H3. The second-order valence-electron chi connectivity index (χ2n) is 5.57. The molecule has 1 aromatic carbocycles. The number of imidazole rings is 1. The van der Waals surface area contributed by atoms with E-state index < -0.39 is 17.3 Å². The molecule has 6 heteroatoms. The molecule has 1 N–H and O–H groups in total. The monoisotopic (exact) mass is 312 g/mol. The molecule has 0 saturated carbocycles. The van der Waals surface area contributed by atoms with Gasteiger partial charge in [0, 0.05) is 18.8 Å². The lowest BCUT2D eigenvalue weighted by molar-refractivity contribution is -0.137. The number of hydrogen-bond donors (Lipinski definition) is 1. The summed E-state index contributed by atoms with van der Waals surface area (Å²) in [4.78, 5) is 4.21. The van der Waals surface area contributed by atoms with Crippen LogP contribution in [0.5, 0.6) is 0 Å². The Labute approximate surface area is 127 Å². The number of alkyl halides is 3. The second kappa shape index (κ2) is 6.12. The lowest BCUT2D eigenvalue weighted by Gasteiger charge is -2.26. The summed E-state index contributed by atoms with van der Waals surface area (Å²) in [7, 11) is 0. The number of halogens is 3. The van der Waals surface area contributed by atoms with Crippen molar-refractivity contribution in [1.82, 2.24) is 9.55 Å². The van der Waals surface area contributed by atoms with Gasteiger partial charge in [-0.05, 0) is 31.0 Å². The molecule has 1 heterocycles. The third kappa shape index (κ3) is 3.68. The van der Waals surface area contributed by atoms with Crippen LogP contribution in [0.25, 0.3) is 0 Å². The summed E-state index contributed by atoms with van der Waals surface area (Å²) in [6.45, 7) is 3.69. The van der Waals surface area contributed by atoms with Gasteiger partial charge < -0.3 is 9.67 Å². The fourth-order valence-corrected chi connectivity index (χ4v) is 2.39. The molecule has 0 bridgehead atoms. The molecule has 2 aromatic rings. The van der Waals surface area contributed by atoms with Crippen LogP contribution in [0.2, 0.25) is 0 Å². The number of aryl methyl sites for hydroxylation is 1. The summed E-state index contributed by atoms with van der Waals surface area (Å²) in [5.74, 6) is 0.815. The zero-order valence-corrected chi connectivity index (χ0v) is 12.6. The van der Waals surface area contributed by atoms with Gasteiger partial charge in [-0.3, -0.25) is 0 Å². The van der Waals surface area contributed by atoms with Gasteiger partial charge in [-0.2, -0.15) is 13.2 Å². The normalized spacial score (nSPS) is 14.8. The topological polar surface area (TPSA) is 38.0 Å². The van der Waals surface area contributed by atoms with Gasteiger partial charge in [-0.1, -0.05) is 19.1 Å². The average Bonchev–Trinajstić information content (AvgIpc) is 2.85. The summed E-state index contributed by atoms with van der Waals surface area (Å²) in [5, 5.41) is 10.6. The van der Waals surface area contributed by atoms with Crippen molar-refractivity contribution in [1.29, 1.82) is 0 Å². The Bertz CT molecular complexity index is 632. The molecule has 2 rings (SSSR count). The number of benzene rings is 1. The first-order valence-electron chi connectivity index (χ1n) is 7.14. The Morgan fingerprint density at radius 3 is 2.55 bits per heavy atom. The Hall–Kier alpha value is -1.82. The summed E-state index contributed by atoms with van der Waals surface area (Å²) >= 11 is 0. The minimum absolute atomic E-state index is 0.156. The molecule has 22 heavy (non-hydrogen) atoms. The minimum Gasteiger partial charge on any atom is -0.384 e. The van der Waals surface area contributed by atoms with Crippen LogP contribution >= 0.6 is 0 Å². The summed E-state index contributed by atoms with van der Waals surface area (Å²) in [6, 6.07) is 4.81. The lowest BCUT2D eigenvalue weighted by atomic mass is 9.94. The maximum atomic E-state index is 12.8. The van der Waals surface area contributed by atoms with Gasteiger partial charge in [-0.15, -0.1) is 0 Å². The van der Waals surface area contributed by atoms with Crippen molar-refractivity contribution in [3.8, 4) is 0 Å². The van der Waals surface area contributed by atoms with E-state index in [0.29, 0.717) is 0 Å². The first kappa shape index (κ1) is 16.5. The van der Waals surface area contributed by atoms with Crippen LogP contribution in [-0.2, 0) is 24.7 Å². The number of aliphatic hydroxyl groups is 1. The summed E-state index contributed by atoms with van der Waals surface area (Å²) in [6.07, 6.45) is 0.600. The fraction of sp³-hybridized carbons (Fsp3) is 0.438. The van der Waals surface area contributed by atoms with Crippen LogP contribution in [0.1, 0.15) is 37.2 Å². The van der Waals surface area contributed by atoms with Crippen LogP contribution < -0.4 is 0 Å². The smallest absolute Gasteiger partial charge is 0.384 e. The highest BCUT2D eigenvalue weighted by Gasteiger charge is 2.33. The third-order valence-electron chi connectivity index (χ3n) is 3.57. The largest absolute Gasteiger partial charge is 0.416 e. The number of aromatic nitrogens is 2. The van der Waals surface area contributed by atoms with E-state index in [1.165, 1.54) is 19.1 Å². The van der Waals surface area contributed by atoms with Crippen LogP contribution in [-0.4, -0.2) is 14.7 Å². The SMILES string of the molecule is CCCc1nccn1CC(C)(O)c1cccc(C(F)(F)F)c1. The summed E-state index contributed by atoms with van der Waals surface area (Å²) in [5.41, 5.74) is -1.94. The van der Waals surface area contributed by atoms with Crippen LogP contribution in [0, 0.1) is 0 Å². The Morgan fingerprint density at radius 2 is 1.91 bits per heavy atom. The quantitative estimate of drug-likeness (QED) is 0.913. The fourth-order valence-electron chi connectivity index (χ4n) is 2.39. The molecular formula is C16H19F3N2O. The predicted octanol–water partition coefficient (Wildman–Crippen LogP) is 3.76. The van der Waals surface area contributed by atoms with Gasteiger partial charge in [0.1, 0.15) is 11.4 Å². The molecule has 3 nitrogen and oxygen atoms in total. The third-order valence-corrected chi connectivity index (χ3v) is 3.57. The van der Waals surface area contributed by atoms with Crippen molar-refractivity contribution < 1.29 is 18.3 Å². The minimum atomic E-state index is -4.42. The highest BCUT2D eigenvalue weighted by atomic mass is 19.4. The van der Waals surface area contributed by atoms with Crippen molar-refractivity contribution in [2.45, 2.75) is 45.0 Å². The van der Waals surface area contributed by atoms with Gasteiger partial charge >= 0.3 is 6.18 Å². The molecule has 1 atom stereocenters. The molecule has 0 aliphatic rings. The van der Waals surface area contributed by atoms with E-state index in [1.54, 1.807) is 17.0 Å².